The molecule has 5 heteroatoms. The molecule has 1 aliphatic heterocycles. The third-order valence-corrected chi connectivity index (χ3v) is 6.15. The first-order chi connectivity index (χ1) is 12.1. The minimum absolute atomic E-state index is 0.185. The summed E-state index contributed by atoms with van der Waals surface area (Å²) in [6, 6.07) is 6.05. The summed E-state index contributed by atoms with van der Waals surface area (Å²) >= 11 is 1.08. The monoisotopic (exact) mass is 361 g/mol. The van der Waals surface area contributed by atoms with Crippen LogP contribution in [0.4, 0.5) is 4.79 Å². The Morgan fingerprint density at radius 2 is 2.00 bits per heavy atom. The highest BCUT2D eigenvalue weighted by atomic mass is 32.2. The molecule has 2 amide bonds. The number of nitrogens with one attached hydrogen (secondary N) is 1. The zero-order chi connectivity index (χ0) is 17.6. The summed E-state index contributed by atoms with van der Waals surface area (Å²) in [4.78, 5) is 22.9. The molecule has 1 saturated carbocycles. The zero-order valence-electron chi connectivity index (χ0n) is 14.9. The Morgan fingerprint density at radius 1 is 1.20 bits per heavy atom. The number of hydrogen-bond donors (Lipinski definition) is 1. The number of benzene rings is 1. The third kappa shape index (κ3) is 5.24. The highest BCUT2D eigenvalue weighted by Crippen LogP contribution is 2.28. The molecule has 0 radical (unpaired) electrons. The topological polar surface area (TPSA) is 55.4 Å². The molecule has 0 bridgehead atoms. The summed E-state index contributed by atoms with van der Waals surface area (Å²) < 4.78 is 5.95. The fraction of sp³-hybridized carbons (Fsp3) is 0.600. The van der Waals surface area contributed by atoms with Gasteiger partial charge in [-0.3, -0.25) is 14.9 Å². The summed E-state index contributed by atoms with van der Waals surface area (Å²) in [6.45, 7) is 2.80. The van der Waals surface area contributed by atoms with Gasteiger partial charge in [-0.2, -0.15) is 0 Å². The third-order valence-electron chi connectivity index (χ3n) is 5.17. The van der Waals surface area contributed by atoms with Gasteiger partial charge >= 0.3 is 0 Å². The minimum Gasteiger partial charge on any atom is -0.493 e. The summed E-state index contributed by atoms with van der Waals surface area (Å²) in [6.07, 6.45) is 9.96. The first kappa shape index (κ1) is 18.3. The molecule has 1 heterocycles. The van der Waals surface area contributed by atoms with Gasteiger partial charge in [0, 0.05) is 0 Å². The molecule has 1 aliphatic carbocycles. The summed E-state index contributed by atoms with van der Waals surface area (Å²) in [5.74, 6) is 1.64. The average molecular weight is 362 g/mol. The molecule has 1 unspecified atom stereocenters. The van der Waals surface area contributed by atoms with Crippen molar-refractivity contribution in [1.29, 1.82) is 0 Å². The number of amides is 2. The van der Waals surface area contributed by atoms with Crippen molar-refractivity contribution in [2.45, 2.75) is 63.5 Å². The summed E-state index contributed by atoms with van der Waals surface area (Å²) in [5.41, 5.74) is 2.15. The van der Waals surface area contributed by atoms with E-state index >= 15 is 0 Å². The van der Waals surface area contributed by atoms with Gasteiger partial charge in [0.2, 0.25) is 5.91 Å². The molecule has 0 aromatic heterocycles. The lowest BCUT2D eigenvalue weighted by Crippen LogP contribution is -2.25. The minimum atomic E-state index is -0.311. The molecule has 1 aromatic rings. The molecular formula is C20H27NO3S. The average Bonchev–Trinajstić information content (AvgIpc) is 2.91. The largest absolute Gasteiger partial charge is 0.493 e. The van der Waals surface area contributed by atoms with Crippen LogP contribution < -0.4 is 10.1 Å². The second kappa shape index (κ2) is 8.75. The van der Waals surface area contributed by atoms with Crippen LogP contribution in [-0.4, -0.2) is 23.0 Å². The Hall–Kier alpha value is -1.49. The molecule has 0 spiro atoms. The number of rotatable bonds is 7. The van der Waals surface area contributed by atoms with Gasteiger partial charge in [-0.1, -0.05) is 56.0 Å². The maximum Gasteiger partial charge on any atom is 0.286 e. The number of carbonyl (C=O) groups excluding carboxylic acids is 2. The van der Waals surface area contributed by atoms with Crippen LogP contribution in [0.2, 0.25) is 0 Å². The lowest BCUT2D eigenvalue weighted by atomic mass is 9.86. The van der Waals surface area contributed by atoms with Crippen LogP contribution in [0.3, 0.4) is 0 Å². The highest BCUT2D eigenvalue weighted by molar-refractivity contribution is 8.15. The molecule has 3 rings (SSSR count). The normalized spacial score (nSPS) is 21.4. The molecular weight excluding hydrogens is 334 g/mol. The van der Waals surface area contributed by atoms with Crippen molar-refractivity contribution in [2.75, 3.05) is 6.61 Å². The van der Waals surface area contributed by atoms with E-state index in [9.17, 15) is 9.59 Å². The molecule has 4 nitrogen and oxygen atoms in total. The molecule has 136 valence electrons. The first-order valence-electron chi connectivity index (χ1n) is 9.35. The Morgan fingerprint density at radius 3 is 2.68 bits per heavy atom. The van der Waals surface area contributed by atoms with Crippen LogP contribution in [0, 0.1) is 12.8 Å². The van der Waals surface area contributed by atoms with Crippen LogP contribution >= 0.6 is 11.8 Å². The van der Waals surface area contributed by atoms with Crippen molar-refractivity contribution >= 4 is 22.9 Å². The SMILES string of the molecule is Cc1cc(CC2SC(=O)NC2=O)ccc1OCCCC1CCCCC1. The Bertz CT molecular complexity index is 625. The predicted octanol–water partition coefficient (Wildman–Crippen LogP) is 4.63. The van der Waals surface area contributed by atoms with Gasteiger partial charge < -0.3 is 4.74 Å². The molecule has 25 heavy (non-hydrogen) atoms. The van der Waals surface area contributed by atoms with Crippen LogP contribution in [-0.2, 0) is 11.2 Å². The number of hydrogen-bond acceptors (Lipinski definition) is 4. The summed E-state index contributed by atoms with van der Waals surface area (Å²) in [7, 11) is 0. The van der Waals surface area contributed by atoms with Crippen molar-refractivity contribution in [2.24, 2.45) is 5.92 Å². The van der Waals surface area contributed by atoms with Crippen molar-refractivity contribution in [3.05, 3.63) is 29.3 Å². The second-order valence-electron chi connectivity index (χ2n) is 7.18. The molecule has 1 N–H and O–H groups in total. The standard InChI is InChI=1S/C20H27NO3S/c1-14-12-16(13-18-19(22)21-20(23)25-18)9-10-17(14)24-11-5-8-15-6-3-2-4-7-15/h9-10,12,15,18H,2-8,11,13H2,1H3,(H,21,22,23). The zero-order valence-corrected chi connectivity index (χ0v) is 15.7. The molecule has 1 saturated heterocycles. The fourth-order valence-corrected chi connectivity index (χ4v) is 4.63. The van der Waals surface area contributed by atoms with Crippen LogP contribution in [0.25, 0.3) is 0 Å². The number of thioether (sulfide) groups is 1. The van der Waals surface area contributed by atoms with Crippen LogP contribution in [0.1, 0.15) is 56.1 Å². The highest BCUT2D eigenvalue weighted by Gasteiger charge is 2.31. The van der Waals surface area contributed by atoms with E-state index in [0.29, 0.717) is 6.42 Å². The van der Waals surface area contributed by atoms with Gasteiger partial charge in [-0.05, 0) is 49.3 Å². The van der Waals surface area contributed by atoms with Gasteiger partial charge in [0.15, 0.2) is 0 Å². The maximum atomic E-state index is 11.7. The van der Waals surface area contributed by atoms with Gasteiger partial charge in [0.05, 0.1) is 11.9 Å². The smallest absolute Gasteiger partial charge is 0.286 e. The molecule has 2 aliphatic rings. The lowest BCUT2D eigenvalue weighted by molar-refractivity contribution is -0.118. The maximum absolute atomic E-state index is 11.7. The van der Waals surface area contributed by atoms with E-state index in [-0.39, 0.29) is 16.4 Å². The van der Waals surface area contributed by atoms with Crippen LogP contribution in [0.15, 0.2) is 18.2 Å². The van der Waals surface area contributed by atoms with E-state index < -0.39 is 0 Å². The van der Waals surface area contributed by atoms with E-state index in [4.69, 9.17) is 4.74 Å². The van der Waals surface area contributed by atoms with Crippen molar-refractivity contribution < 1.29 is 14.3 Å². The Balaban J connectivity index is 1.45. The van der Waals surface area contributed by atoms with E-state index in [1.807, 2.05) is 19.1 Å². The molecule has 1 aromatic carbocycles. The van der Waals surface area contributed by atoms with E-state index in [1.165, 1.54) is 38.5 Å². The van der Waals surface area contributed by atoms with Crippen molar-refractivity contribution in [3.63, 3.8) is 0 Å². The Kier molecular flexibility index (Phi) is 6.40. The number of imide groups is 1. The Labute approximate surface area is 154 Å². The van der Waals surface area contributed by atoms with Crippen LogP contribution in [0.5, 0.6) is 5.75 Å². The predicted molar refractivity (Wildman–Crippen MR) is 101 cm³/mol. The number of carbonyl (C=O) groups is 2. The van der Waals surface area contributed by atoms with Gasteiger partial charge in [0.25, 0.3) is 5.24 Å². The fourth-order valence-electron chi connectivity index (χ4n) is 3.77. The van der Waals surface area contributed by atoms with Crippen molar-refractivity contribution in [3.8, 4) is 5.75 Å². The first-order valence-corrected chi connectivity index (χ1v) is 10.2. The second-order valence-corrected chi connectivity index (χ2v) is 8.36. The number of aryl methyl sites for hydroxylation is 1. The summed E-state index contributed by atoms with van der Waals surface area (Å²) in [5, 5.41) is 1.78. The van der Waals surface area contributed by atoms with Gasteiger partial charge in [-0.25, -0.2) is 0 Å². The van der Waals surface area contributed by atoms with E-state index in [1.54, 1.807) is 0 Å². The van der Waals surface area contributed by atoms with E-state index in [2.05, 4.69) is 11.4 Å². The quantitative estimate of drug-likeness (QED) is 0.720. The number of ether oxygens (including phenoxy) is 1. The lowest BCUT2D eigenvalue weighted by Gasteiger charge is -2.21. The van der Waals surface area contributed by atoms with Gasteiger partial charge in [-0.15, -0.1) is 0 Å². The van der Waals surface area contributed by atoms with Gasteiger partial charge in [0.1, 0.15) is 5.75 Å². The van der Waals surface area contributed by atoms with Crippen molar-refractivity contribution in [1.82, 2.24) is 5.32 Å². The van der Waals surface area contributed by atoms with E-state index in [0.717, 1.165) is 47.6 Å². The molecule has 1 atom stereocenters. The molecule has 2 fully saturated rings.